The molecule has 2 unspecified atom stereocenters. The van der Waals surface area contributed by atoms with Crippen molar-refractivity contribution in [3.63, 3.8) is 0 Å². The van der Waals surface area contributed by atoms with Crippen LogP contribution in [0.3, 0.4) is 0 Å². The first-order valence-corrected chi connectivity index (χ1v) is 10.1. The molecule has 1 aliphatic carbocycles. The molecule has 2 atom stereocenters. The van der Waals surface area contributed by atoms with Gasteiger partial charge in [0.1, 0.15) is 18.2 Å². The molecule has 3 heterocycles. The zero-order valence-corrected chi connectivity index (χ0v) is 17.0. The van der Waals surface area contributed by atoms with Crippen LogP contribution in [0.1, 0.15) is 23.7 Å². The van der Waals surface area contributed by atoms with Crippen LogP contribution >= 0.6 is 0 Å². The summed E-state index contributed by atoms with van der Waals surface area (Å²) in [5.41, 5.74) is 3.44. The summed E-state index contributed by atoms with van der Waals surface area (Å²) >= 11 is 0. The molecule has 0 spiro atoms. The van der Waals surface area contributed by atoms with Gasteiger partial charge in [0.25, 0.3) is 5.56 Å². The number of ether oxygens (including phenoxy) is 2. The molecule has 3 aromatic rings. The number of hydrogen-bond donors (Lipinski definition) is 0. The molecule has 0 amide bonds. The Labute approximate surface area is 174 Å². The van der Waals surface area contributed by atoms with E-state index in [4.69, 9.17) is 14.5 Å². The van der Waals surface area contributed by atoms with E-state index < -0.39 is 0 Å². The van der Waals surface area contributed by atoms with Gasteiger partial charge in [-0.05, 0) is 30.5 Å². The van der Waals surface area contributed by atoms with Gasteiger partial charge in [-0.1, -0.05) is 12.1 Å². The predicted octanol–water partition coefficient (Wildman–Crippen LogP) is 2.14. The fourth-order valence-corrected chi connectivity index (χ4v) is 4.53. The maximum Gasteiger partial charge on any atom is 0.255 e. The summed E-state index contributed by atoms with van der Waals surface area (Å²) in [6, 6.07) is 9.49. The first-order chi connectivity index (χ1) is 14.7. The molecule has 8 nitrogen and oxygen atoms in total. The molecule has 0 radical (unpaired) electrons. The van der Waals surface area contributed by atoms with E-state index in [0.29, 0.717) is 30.5 Å². The van der Waals surface area contributed by atoms with Gasteiger partial charge < -0.3 is 14.4 Å². The lowest BCUT2D eigenvalue weighted by Crippen LogP contribution is -2.51. The third-order valence-electron chi connectivity index (χ3n) is 5.98. The lowest BCUT2D eigenvalue weighted by Gasteiger charge is -2.45. The average Bonchev–Trinajstić information content (AvgIpc) is 2.80. The predicted molar refractivity (Wildman–Crippen MR) is 112 cm³/mol. The van der Waals surface area contributed by atoms with Crippen molar-refractivity contribution in [3.05, 3.63) is 64.3 Å². The van der Waals surface area contributed by atoms with Gasteiger partial charge in [-0.25, -0.2) is 15.0 Å². The van der Waals surface area contributed by atoms with E-state index in [1.807, 2.05) is 12.1 Å². The van der Waals surface area contributed by atoms with Crippen LogP contribution in [0.4, 0.5) is 5.95 Å². The molecule has 154 valence electrons. The molecular formula is C22H23N5O3. The molecule has 0 N–H and O–H groups in total. The smallest absolute Gasteiger partial charge is 0.255 e. The molecular weight excluding hydrogens is 382 g/mol. The molecule has 1 saturated heterocycles. The second kappa shape index (κ2) is 7.53. The summed E-state index contributed by atoms with van der Waals surface area (Å²) in [5.74, 6) is 1.55. The molecule has 1 aliphatic heterocycles. The van der Waals surface area contributed by atoms with E-state index in [1.54, 1.807) is 31.0 Å². The number of hydrogen-bond acceptors (Lipinski definition) is 7. The molecule has 0 bridgehead atoms. The summed E-state index contributed by atoms with van der Waals surface area (Å²) < 4.78 is 13.4. The van der Waals surface area contributed by atoms with Crippen molar-refractivity contribution >= 4 is 5.95 Å². The second-order valence-corrected chi connectivity index (χ2v) is 7.55. The lowest BCUT2D eigenvalue weighted by atomic mass is 9.83. The van der Waals surface area contributed by atoms with Crippen molar-refractivity contribution in [2.24, 2.45) is 7.05 Å². The second-order valence-electron chi connectivity index (χ2n) is 7.55. The van der Waals surface area contributed by atoms with E-state index >= 15 is 0 Å². The SMILES string of the molecule is COc1cccc2c1CCC1C2OCCN1c1nc(-c2ccncn2)cc(=O)n1C. The molecule has 1 aromatic carbocycles. The number of nitrogens with zero attached hydrogens (tertiary/aromatic N) is 5. The Morgan fingerprint density at radius 1 is 1.23 bits per heavy atom. The van der Waals surface area contributed by atoms with Crippen LogP contribution in [0, 0.1) is 0 Å². The molecule has 5 rings (SSSR count). The van der Waals surface area contributed by atoms with E-state index in [9.17, 15) is 4.79 Å². The van der Waals surface area contributed by atoms with E-state index in [1.165, 1.54) is 18.0 Å². The van der Waals surface area contributed by atoms with Crippen molar-refractivity contribution < 1.29 is 9.47 Å². The number of anilines is 1. The highest BCUT2D eigenvalue weighted by molar-refractivity contribution is 5.56. The molecule has 2 aromatic heterocycles. The number of benzene rings is 1. The van der Waals surface area contributed by atoms with Gasteiger partial charge in [-0.3, -0.25) is 9.36 Å². The number of fused-ring (bicyclic) bond motifs is 3. The Hall–Kier alpha value is -3.26. The zero-order chi connectivity index (χ0) is 20.7. The lowest BCUT2D eigenvalue weighted by molar-refractivity contribution is 0.00148. The monoisotopic (exact) mass is 405 g/mol. The van der Waals surface area contributed by atoms with Gasteiger partial charge in [0.15, 0.2) is 0 Å². The number of methoxy groups -OCH3 is 1. The van der Waals surface area contributed by atoms with Gasteiger partial charge in [-0.2, -0.15) is 0 Å². The molecule has 2 aliphatic rings. The van der Waals surface area contributed by atoms with Crippen molar-refractivity contribution in [3.8, 4) is 17.1 Å². The van der Waals surface area contributed by atoms with Crippen LogP contribution in [-0.4, -0.2) is 45.8 Å². The minimum absolute atomic E-state index is 0.0859. The molecule has 30 heavy (non-hydrogen) atoms. The highest BCUT2D eigenvalue weighted by Gasteiger charge is 2.39. The number of aromatic nitrogens is 4. The van der Waals surface area contributed by atoms with Gasteiger partial charge >= 0.3 is 0 Å². The van der Waals surface area contributed by atoms with Crippen molar-refractivity contribution in [2.45, 2.75) is 25.0 Å². The van der Waals surface area contributed by atoms with Crippen molar-refractivity contribution in [1.82, 2.24) is 19.5 Å². The highest BCUT2D eigenvalue weighted by atomic mass is 16.5. The van der Waals surface area contributed by atoms with Gasteiger partial charge in [0.2, 0.25) is 5.95 Å². The third kappa shape index (κ3) is 3.04. The van der Waals surface area contributed by atoms with Crippen LogP contribution in [0.15, 0.2) is 47.7 Å². The number of morpholine rings is 1. The summed E-state index contributed by atoms with van der Waals surface area (Å²) in [6.45, 7) is 1.24. The minimum Gasteiger partial charge on any atom is -0.496 e. The van der Waals surface area contributed by atoms with Crippen LogP contribution in [0.25, 0.3) is 11.4 Å². The van der Waals surface area contributed by atoms with Gasteiger partial charge in [0, 0.05) is 31.4 Å². The Balaban J connectivity index is 1.57. The van der Waals surface area contributed by atoms with E-state index in [2.05, 4.69) is 20.9 Å². The fraction of sp³-hybridized carbons (Fsp3) is 0.364. The maximum absolute atomic E-state index is 12.7. The van der Waals surface area contributed by atoms with Crippen LogP contribution in [-0.2, 0) is 18.2 Å². The van der Waals surface area contributed by atoms with Crippen LogP contribution < -0.4 is 15.2 Å². The molecule has 1 fully saturated rings. The summed E-state index contributed by atoms with van der Waals surface area (Å²) in [7, 11) is 3.47. The number of rotatable bonds is 3. The Morgan fingerprint density at radius 2 is 2.13 bits per heavy atom. The van der Waals surface area contributed by atoms with Crippen LogP contribution in [0.2, 0.25) is 0 Å². The maximum atomic E-state index is 12.7. The van der Waals surface area contributed by atoms with Crippen LogP contribution in [0.5, 0.6) is 5.75 Å². The standard InChI is InChI=1S/C22H23N5O3/c1-26-20(28)12-17(16-8-9-23-13-24-16)25-22(26)27-10-11-30-21-15-4-3-5-19(29-2)14(15)6-7-18(21)27/h3-5,8-9,12-13,18,21H,6-7,10-11H2,1-2H3. The Morgan fingerprint density at radius 3 is 2.93 bits per heavy atom. The van der Waals surface area contributed by atoms with Gasteiger partial charge in [-0.15, -0.1) is 0 Å². The highest BCUT2D eigenvalue weighted by Crippen LogP contribution is 2.42. The van der Waals surface area contributed by atoms with Crippen molar-refractivity contribution in [2.75, 3.05) is 25.2 Å². The third-order valence-corrected chi connectivity index (χ3v) is 5.98. The summed E-state index contributed by atoms with van der Waals surface area (Å²) in [5, 5.41) is 0. The Bertz CT molecular complexity index is 1130. The zero-order valence-electron chi connectivity index (χ0n) is 17.0. The average molecular weight is 405 g/mol. The summed E-state index contributed by atoms with van der Waals surface area (Å²) in [6.07, 6.45) is 4.81. The first-order valence-electron chi connectivity index (χ1n) is 10.1. The molecule has 8 heteroatoms. The largest absolute Gasteiger partial charge is 0.496 e. The van der Waals surface area contributed by atoms with E-state index in [-0.39, 0.29) is 17.7 Å². The van der Waals surface area contributed by atoms with E-state index in [0.717, 1.165) is 24.2 Å². The minimum atomic E-state index is -0.116. The Kier molecular flexibility index (Phi) is 4.71. The first kappa shape index (κ1) is 18.7. The molecule has 0 saturated carbocycles. The van der Waals surface area contributed by atoms with Crippen molar-refractivity contribution in [1.29, 1.82) is 0 Å². The topological polar surface area (TPSA) is 82.4 Å². The quantitative estimate of drug-likeness (QED) is 0.660. The normalized spacial score (nSPS) is 20.4. The summed E-state index contributed by atoms with van der Waals surface area (Å²) in [4.78, 5) is 28.0. The fourth-order valence-electron chi connectivity index (χ4n) is 4.53. The van der Waals surface area contributed by atoms with Gasteiger partial charge in [0.05, 0.1) is 31.1 Å².